The fourth-order valence-corrected chi connectivity index (χ4v) is 2.46. The lowest BCUT2D eigenvalue weighted by Gasteiger charge is -2.11. The van der Waals surface area contributed by atoms with Crippen LogP contribution in [0.2, 0.25) is 10.0 Å². The van der Waals surface area contributed by atoms with E-state index in [-0.39, 0.29) is 0 Å². The fourth-order valence-electron chi connectivity index (χ4n) is 2.09. The lowest BCUT2D eigenvalue weighted by molar-refractivity contribution is 1.11. The van der Waals surface area contributed by atoms with Gasteiger partial charge in [0.1, 0.15) is 5.82 Å². The molecule has 0 fully saturated rings. The van der Waals surface area contributed by atoms with E-state index in [1.165, 1.54) is 0 Å². The zero-order chi connectivity index (χ0) is 16.2. The first-order valence-corrected chi connectivity index (χ1v) is 7.75. The molecule has 1 aromatic heterocycles. The highest BCUT2D eigenvalue weighted by Crippen LogP contribution is 2.25. The predicted octanol–water partition coefficient (Wildman–Crippen LogP) is 5.58. The maximum Gasteiger partial charge on any atom is 0.229 e. The first kappa shape index (κ1) is 15.6. The van der Waals surface area contributed by atoms with Gasteiger partial charge in [0.25, 0.3) is 0 Å². The van der Waals surface area contributed by atoms with E-state index in [4.69, 9.17) is 23.2 Å². The second kappa shape index (κ2) is 6.86. The summed E-state index contributed by atoms with van der Waals surface area (Å²) in [5, 5.41) is 7.62. The number of nitrogens with one attached hydrogen (secondary N) is 2. The third kappa shape index (κ3) is 4.12. The van der Waals surface area contributed by atoms with Gasteiger partial charge in [0.2, 0.25) is 5.95 Å². The van der Waals surface area contributed by atoms with Gasteiger partial charge >= 0.3 is 0 Å². The second-order valence-corrected chi connectivity index (χ2v) is 5.80. The van der Waals surface area contributed by atoms with Crippen molar-refractivity contribution >= 4 is 46.3 Å². The summed E-state index contributed by atoms with van der Waals surface area (Å²) in [6.07, 6.45) is 0. The summed E-state index contributed by atoms with van der Waals surface area (Å²) in [6, 6.07) is 16.8. The van der Waals surface area contributed by atoms with Crippen molar-refractivity contribution in [1.82, 2.24) is 9.97 Å². The van der Waals surface area contributed by atoms with Gasteiger partial charge in [0, 0.05) is 22.5 Å². The van der Waals surface area contributed by atoms with Crippen molar-refractivity contribution in [2.45, 2.75) is 6.92 Å². The van der Waals surface area contributed by atoms with E-state index in [1.807, 2.05) is 61.5 Å². The maximum atomic E-state index is 6.15. The Balaban J connectivity index is 1.86. The van der Waals surface area contributed by atoms with E-state index in [2.05, 4.69) is 20.6 Å². The van der Waals surface area contributed by atoms with Crippen LogP contribution in [0.1, 0.15) is 5.69 Å². The minimum Gasteiger partial charge on any atom is -0.340 e. The summed E-state index contributed by atoms with van der Waals surface area (Å²) in [5.74, 6) is 1.15. The number of aryl methyl sites for hydroxylation is 1. The number of rotatable bonds is 4. The average Bonchev–Trinajstić information content (AvgIpc) is 2.49. The molecule has 0 aliphatic heterocycles. The van der Waals surface area contributed by atoms with Gasteiger partial charge in [-0.05, 0) is 37.3 Å². The third-order valence-corrected chi connectivity index (χ3v) is 3.64. The number of para-hydroxylation sites is 1. The molecule has 0 radical (unpaired) electrons. The number of hydrogen-bond acceptors (Lipinski definition) is 4. The lowest BCUT2D eigenvalue weighted by Crippen LogP contribution is -2.02. The van der Waals surface area contributed by atoms with E-state index in [1.54, 1.807) is 0 Å². The summed E-state index contributed by atoms with van der Waals surface area (Å²) < 4.78 is 0. The van der Waals surface area contributed by atoms with Crippen molar-refractivity contribution in [3.63, 3.8) is 0 Å². The first-order chi connectivity index (χ1) is 11.1. The molecule has 0 saturated carbocycles. The molecule has 1 heterocycles. The highest BCUT2D eigenvalue weighted by Gasteiger charge is 2.06. The van der Waals surface area contributed by atoms with Crippen molar-refractivity contribution in [3.05, 3.63) is 70.3 Å². The van der Waals surface area contributed by atoms with Crippen LogP contribution in [0.5, 0.6) is 0 Å². The van der Waals surface area contributed by atoms with Gasteiger partial charge < -0.3 is 10.6 Å². The summed E-state index contributed by atoms with van der Waals surface area (Å²) in [4.78, 5) is 8.84. The maximum absolute atomic E-state index is 6.15. The zero-order valence-corrected chi connectivity index (χ0v) is 13.9. The lowest BCUT2D eigenvalue weighted by atomic mass is 10.3. The van der Waals surface area contributed by atoms with Crippen LogP contribution in [0, 0.1) is 6.92 Å². The molecule has 2 aromatic carbocycles. The smallest absolute Gasteiger partial charge is 0.229 e. The van der Waals surface area contributed by atoms with E-state index in [0.717, 1.165) is 17.1 Å². The number of aromatic nitrogens is 2. The standard InChI is InChI=1S/C17H14Cl2N4/c1-11-9-16(21-13-6-4-5-12(18)10-13)23-17(20-11)22-15-8-3-2-7-14(15)19/h2-10H,1H3,(H2,20,21,22,23). The Morgan fingerprint density at radius 1 is 0.870 bits per heavy atom. The molecule has 0 aliphatic rings. The Hall–Kier alpha value is -2.30. The number of hydrogen-bond donors (Lipinski definition) is 2. The Morgan fingerprint density at radius 3 is 2.48 bits per heavy atom. The predicted molar refractivity (Wildman–Crippen MR) is 96.2 cm³/mol. The molecule has 0 spiro atoms. The van der Waals surface area contributed by atoms with E-state index >= 15 is 0 Å². The van der Waals surface area contributed by atoms with Crippen LogP contribution in [0.15, 0.2) is 54.6 Å². The van der Waals surface area contributed by atoms with Crippen molar-refractivity contribution < 1.29 is 0 Å². The summed E-state index contributed by atoms with van der Waals surface area (Å²) >= 11 is 12.2. The molecule has 0 saturated heterocycles. The molecule has 4 nitrogen and oxygen atoms in total. The van der Waals surface area contributed by atoms with Crippen LogP contribution < -0.4 is 10.6 Å². The van der Waals surface area contributed by atoms with Crippen LogP contribution >= 0.6 is 23.2 Å². The van der Waals surface area contributed by atoms with Crippen LogP contribution in [-0.2, 0) is 0 Å². The van der Waals surface area contributed by atoms with Crippen molar-refractivity contribution in [1.29, 1.82) is 0 Å². The topological polar surface area (TPSA) is 49.8 Å². The van der Waals surface area contributed by atoms with E-state index < -0.39 is 0 Å². The summed E-state index contributed by atoms with van der Waals surface area (Å²) in [7, 11) is 0. The Kier molecular flexibility index (Phi) is 4.65. The molecule has 0 amide bonds. The Labute approximate surface area is 144 Å². The van der Waals surface area contributed by atoms with E-state index in [9.17, 15) is 0 Å². The third-order valence-electron chi connectivity index (χ3n) is 3.07. The van der Waals surface area contributed by atoms with Gasteiger partial charge in [-0.3, -0.25) is 0 Å². The second-order valence-electron chi connectivity index (χ2n) is 4.96. The van der Waals surface area contributed by atoms with Crippen LogP contribution in [0.3, 0.4) is 0 Å². The summed E-state index contributed by atoms with van der Waals surface area (Å²) in [6.45, 7) is 1.91. The monoisotopic (exact) mass is 344 g/mol. The molecule has 0 unspecified atom stereocenters. The molecule has 3 aromatic rings. The van der Waals surface area contributed by atoms with Crippen LogP contribution in [0.25, 0.3) is 0 Å². The van der Waals surface area contributed by atoms with Gasteiger partial charge in [-0.1, -0.05) is 41.4 Å². The average molecular weight is 345 g/mol. The highest BCUT2D eigenvalue weighted by atomic mass is 35.5. The Morgan fingerprint density at radius 2 is 1.70 bits per heavy atom. The quantitative estimate of drug-likeness (QED) is 0.648. The van der Waals surface area contributed by atoms with Gasteiger partial charge in [0.15, 0.2) is 0 Å². The molecule has 0 atom stereocenters. The van der Waals surface area contributed by atoms with Gasteiger partial charge in [-0.15, -0.1) is 0 Å². The minimum absolute atomic E-state index is 0.475. The largest absolute Gasteiger partial charge is 0.340 e. The van der Waals surface area contributed by atoms with Gasteiger partial charge in [-0.2, -0.15) is 4.98 Å². The summed E-state index contributed by atoms with van der Waals surface area (Å²) in [5.41, 5.74) is 2.45. The SMILES string of the molecule is Cc1cc(Nc2cccc(Cl)c2)nc(Nc2ccccc2Cl)n1. The molecule has 3 rings (SSSR count). The number of nitrogens with zero attached hydrogens (tertiary/aromatic N) is 2. The van der Waals surface area contributed by atoms with Crippen LogP contribution in [-0.4, -0.2) is 9.97 Å². The van der Waals surface area contributed by atoms with Crippen molar-refractivity contribution in [2.75, 3.05) is 10.6 Å². The van der Waals surface area contributed by atoms with Crippen molar-refractivity contribution in [3.8, 4) is 0 Å². The molecule has 23 heavy (non-hydrogen) atoms. The first-order valence-electron chi connectivity index (χ1n) is 7.00. The molecule has 2 N–H and O–H groups in total. The normalized spacial score (nSPS) is 10.4. The number of anilines is 4. The minimum atomic E-state index is 0.475. The molecule has 0 bridgehead atoms. The molecule has 6 heteroatoms. The molecule has 116 valence electrons. The molecule has 0 aliphatic carbocycles. The fraction of sp³-hybridized carbons (Fsp3) is 0.0588. The highest BCUT2D eigenvalue weighted by molar-refractivity contribution is 6.33. The zero-order valence-electron chi connectivity index (χ0n) is 12.3. The number of benzene rings is 2. The van der Waals surface area contributed by atoms with Gasteiger partial charge in [-0.25, -0.2) is 4.98 Å². The van der Waals surface area contributed by atoms with Crippen molar-refractivity contribution in [2.24, 2.45) is 0 Å². The Bertz CT molecular complexity index is 836. The van der Waals surface area contributed by atoms with Gasteiger partial charge in [0.05, 0.1) is 10.7 Å². The van der Waals surface area contributed by atoms with E-state index in [0.29, 0.717) is 21.8 Å². The number of halogens is 2. The van der Waals surface area contributed by atoms with Crippen LogP contribution in [0.4, 0.5) is 23.1 Å². The molecular weight excluding hydrogens is 331 g/mol. The molecular formula is C17H14Cl2N4.